The molecule has 0 fully saturated rings. The highest BCUT2D eigenvalue weighted by molar-refractivity contribution is 5.76. The second kappa shape index (κ2) is 5.27. The number of hydrogen-bond donors (Lipinski definition) is 2. The summed E-state index contributed by atoms with van der Waals surface area (Å²) in [5.74, 6) is 1.18. The third kappa shape index (κ3) is 2.41. The van der Waals surface area contributed by atoms with Gasteiger partial charge in [0.25, 0.3) is 0 Å². The van der Waals surface area contributed by atoms with Crippen molar-refractivity contribution in [2.75, 3.05) is 13.7 Å². The van der Waals surface area contributed by atoms with Crippen LogP contribution < -0.4 is 14.8 Å². The molecule has 18 heavy (non-hydrogen) atoms. The summed E-state index contributed by atoms with van der Waals surface area (Å²) < 4.78 is 10.6. The number of carbonyl (C=O) groups excluding carboxylic acids is 1. The highest BCUT2D eigenvalue weighted by atomic mass is 16.5. The van der Waals surface area contributed by atoms with Gasteiger partial charge in [0.1, 0.15) is 24.2 Å². The van der Waals surface area contributed by atoms with Gasteiger partial charge in [-0.25, -0.2) is 0 Å². The van der Waals surface area contributed by atoms with E-state index in [9.17, 15) is 9.90 Å². The lowest BCUT2D eigenvalue weighted by atomic mass is 9.98. The Morgan fingerprint density at radius 3 is 3.06 bits per heavy atom. The van der Waals surface area contributed by atoms with E-state index in [1.807, 2.05) is 0 Å². The number of ether oxygens (including phenoxy) is 2. The van der Waals surface area contributed by atoms with E-state index in [0.29, 0.717) is 23.5 Å². The predicted octanol–water partition coefficient (Wildman–Crippen LogP) is 1.02. The largest absolute Gasteiger partial charge is 0.497 e. The van der Waals surface area contributed by atoms with Crippen LogP contribution in [0, 0.1) is 0 Å². The van der Waals surface area contributed by atoms with Crippen molar-refractivity contribution >= 4 is 5.91 Å². The Kier molecular flexibility index (Phi) is 3.72. The van der Waals surface area contributed by atoms with Crippen LogP contribution in [0.2, 0.25) is 0 Å². The molecule has 1 aromatic rings. The summed E-state index contributed by atoms with van der Waals surface area (Å²) in [6, 6.07) is 4.84. The lowest BCUT2D eigenvalue weighted by Gasteiger charge is -2.31. The summed E-state index contributed by atoms with van der Waals surface area (Å²) in [5, 5.41) is 13.0. The van der Waals surface area contributed by atoms with Gasteiger partial charge >= 0.3 is 0 Å². The van der Waals surface area contributed by atoms with Crippen molar-refractivity contribution in [3.05, 3.63) is 23.8 Å². The Labute approximate surface area is 106 Å². The van der Waals surface area contributed by atoms with Gasteiger partial charge in [0.15, 0.2) is 0 Å². The molecule has 2 rings (SSSR count). The zero-order chi connectivity index (χ0) is 13.1. The normalized spacial score (nSPS) is 21.7. The molecule has 0 aliphatic carbocycles. The molecule has 0 saturated heterocycles. The molecule has 2 unspecified atom stereocenters. The molecule has 2 atom stereocenters. The number of hydrogen-bond acceptors (Lipinski definition) is 4. The lowest BCUT2D eigenvalue weighted by molar-refractivity contribution is -0.123. The monoisotopic (exact) mass is 251 g/mol. The minimum absolute atomic E-state index is 0.103. The molecule has 1 amide bonds. The van der Waals surface area contributed by atoms with E-state index in [4.69, 9.17) is 9.47 Å². The fourth-order valence-electron chi connectivity index (χ4n) is 1.93. The molecule has 1 aliphatic heterocycles. The topological polar surface area (TPSA) is 67.8 Å². The van der Waals surface area contributed by atoms with Crippen LogP contribution in [-0.4, -0.2) is 30.8 Å². The van der Waals surface area contributed by atoms with Crippen molar-refractivity contribution in [3.8, 4) is 11.5 Å². The standard InChI is InChI=1S/C13H17NO4/c1-3-12(15)14-10-7-18-11-5-4-8(17-2)6-9(11)13(10)16/h4-6,10,13,16H,3,7H2,1-2H3,(H,14,15). The minimum atomic E-state index is -0.778. The fourth-order valence-corrected chi connectivity index (χ4v) is 1.93. The number of amides is 1. The summed E-state index contributed by atoms with van der Waals surface area (Å²) in [6.07, 6.45) is -0.395. The first-order valence-corrected chi connectivity index (χ1v) is 5.94. The zero-order valence-electron chi connectivity index (χ0n) is 10.5. The minimum Gasteiger partial charge on any atom is -0.497 e. The van der Waals surface area contributed by atoms with Crippen molar-refractivity contribution in [1.82, 2.24) is 5.32 Å². The number of rotatable bonds is 3. The molecule has 1 aromatic carbocycles. The van der Waals surface area contributed by atoms with Crippen LogP contribution in [-0.2, 0) is 4.79 Å². The Morgan fingerprint density at radius 1 is 1.61 bits per heavy atom. The van der Waals surface area contributed by atoms with Crippen LogP contribution in [0.15, 0.2) is 18.2 Å². The van der Waals surface area contributed by atoms with Crippen molar-refractivity contribution < 1.29 is 19.4 Å². The number of nitrogens with one attached hydrogen (secondary N) is 1. The quantitative estimate of drug-likeness (QED) is 0.841. The Bertz CT molecular complexity index is 447. The van der Waals surface area contributed by atoms with Gasteiger partial charge in [-0.1, -0.05) is 6.92 Å². The summed E-state index contributed by atoms with van der Waals surface area (Å²) in [4.78, 5) is 11.4. The molecular formula is C13H17NO4. The molecular weight excluding hydrogens is 234 g/mol. The maximum Gasteiger partial charge on any atom is 0.220 e. The highest BCUT2D eigenvalue weighted by Gasteiger charge is 2.30. The molecule has 1 aliphatic rings. The van der Waals surface area contributed by atoms with Crippen LogP contribution in [0.25, 0.3) is 0 Å². The average Bonchev–Trinajstić information content (AvgIpc) is 2.41. The number of benzene rings is 1. The Hall–Kier alpha value is -1.75. The zero-order valence-corrected chi connectivity index (χ0v) is 10.5. The van der Waals surface area contributed by atoms with E-state index in [0.717, 1.165) is 0 Å². The average molecular weight is 251 g/mol. The smallest absolute Gasteiger partial charge is 0.220 e. The van der Waals surface area contributed by atoms with E-state index < -0.39 is 12.1 Å². The Balaban J connectivity index is 2.20. The van der Waals surface area contributed by atoms with E-state index in [2.05, 4.69) is 5.32 Å². The predicted molar refractivity (Wildman–Crippen MR) is 65.7 cm³/mol. The number of aliphatic hydroxyl groups is 1. The van der Waals surface area contributed by atoms with Crippen LogP contribution in [0.3, 0.4) is 0 Å². The van der Waals surface area contributed by atoms with Gasteiger partial charge in [-0.3, -0.25) is 4.79 Å². The molecule has 0 spiro atoms. The van der Waals surface area contributed by atoms with Gasteiger partial charge in [-0.05, 0) is 18.2 Å². The SMILES string of the molecule is CCC(=O)NC1COc2ccc(OC)cc2C1O. The third-order valence-electron chi connectivity index (χ3n) is 3.00. The summed E-state index contributed by atoms with van der Waals surface area (Å²) in [6.45, 7) is 2.04. The molecule has 2 N–H and O–H groups in total. The molecule has 5 heteroatoms. The summed E-state index contributed by atoms with van der Waals surface area (Å²) >= 11 is 0. The molecule has 0 aromatic heterocycles. The molecule has 0 bridgehead atoms. The maximum absolute atomic E-state index is 11.4. The fraction of sp³-hybridized carbons (Fsp3) is 0.462. The van der Waals surface area contributed by atoms with Gasteiger partial charge in [0, 0.05) is 12.0 Å². The van der Waals surface area contributed by atoms with Crippen molar-refractivity contribution in [2.45, 2.75) is 25.5 Å². The number of fused-ring (bicyclic) bond motifs is 1. The van der Waals surface area contributed by atoms with Crippen molar-refractivity contribution in [1.29, 1.82) is 0 Å². The third-order valence-corrected chi connectivity index (χ3v) is 3.00. The van der Waals surface area contributed by atoms with Gasteiger partial charge in [-0.2, -0.15) is 0 Å². The summed E-state index contributed by atoms with van der Waals surface area (Å²) in [7, 11) is 1.56. The number of carbonyl (C=O) groups is 1. The molecule has 0 radical (unpaired) electrons. The van der Waals surface area contributed by atoms with Crippen molar-refractivity contribution in [3.63, 3.8) is 0 Å². The first-order chi connectivity index (χ1) is 8.65. The molecule has 0 saturated carbocycles. The van der Waals surface area contributed by atoms with Crippen molar-refractivity contribution in [2.24, 2.45) is 0 Å². The highest BCUT2D eigenvalue weighted by Crippen LogP contribution is 2.34. The summed E-state index contributed by atoms with van der Waals surface area (Å²) in [5.41, 5.74) is 0.641. The van der Waals surface area contributed by atoms with Gasteiger partial charge < -0.3 is 19.9 Å². The second-order valence-electron chi connectivity index (χ2n) is 4.19. The van der Waals surface area contributed by atoms with Crippen LogP contribution >= 0.6 is 0 Å². The van der Waals surface area contributed by atoms with Crippen LogP contribution in [0.4, 0.5) is 0 Å². The van der Waals surface area contributed by atoms with E-state index in [1.54, 1.807) is 32.2 Å². The van der Waals surface area contributed by atoms with E-state index in [-0.39, 0.29) is 12.5 Å². The molecule has 5 nitrogen and oxygen atoms in total. The van der Waals surface area contributed by atoms with Crippen LogP contribution in [0.5, 0.6) is 11.5 Å². The maximum atomic E-state index is 11.4. The lowest BCUT2D eigenvalue weighted by Crippen LogP contribution is -2.45. The van der Waals surface area contributed by atoms with Crippen LogP contribution in [0.1, 0.15) is 25.0 Å². The first kappa shape index (κ1) is 12.7. The first-order valence-electron chi connectivity index (χ1n) is 5.94. The molecule has 1 heterocycles. The Morgan fingerprint density at radius 2 is 2.39 bits per heavy atom. The molecule has 98 valence electrons. The van der Waals surface area contributed by atoms with Gasteiger partial charge in [0.05, 0.1) is 13.2 Å². The van der Waals surface area contributed by atoms with E-state index in [1.165, 1.54) is 0 Å². The van der Waals surface area contributed by atoms with E-state index >= 15 is 0 Å². The number of methoxy groups -OCH3 is 1. The van der Waals surface area contributed by atoms with Gasteiger partial charge in [-0.15, -0.1) is 0 Å². The second-order valence-corrected chi connectivity index (χ2v) is 4.19. The van der Waals surface area contributed by atoms with Gasteiger partial charge in [0.2, 0.25) is 5.91 Å². The number of aliphatic hydroxyl groups excluding tert-OH is 1.